The molecular weight excluding hydrogens is 310 g/mol. The first kappa shape index (κ1) is 17.0. The number of morpholine rings is 1. The summed E-state index contributed by atoms with van der Waals surface area (Å²) in [6.45, 7) is 6.70. The maximum Gasteiger partial charge on any atom is 0.339 e. The highest BCUT2D eigenvalue weighted by Crippen LogP contribution is 2.22. The molecule has 0 saturated carbocycles. The summed E-state index contributed by atoms with van der Waals surface area (Å²) in [5, 5.41) is 2.91. The molecule has 1 aromatic rings. The number of esters is 1. The molecule has 132 valence electrons. The minimum atomic E-state index is -0.434. The van der Waals surface area contributed by atoms with Gasteiger partial charge in [-0.15, -0.1) is 0 Å². The van der Waals surface area contributed by atoms with Gasteiger partial charge in [-0.2, -0.15) is 0 Å². The Balaban J connectivity index is 1.60. The zero-order valence-corrected chi connectivity index (χ0v) is 14.5. The molecule has 24 heavy (non-hydrogen) atoms. The number of carbonyl (C=O) groups excluding carboxylic acids is 2. The second-order valence-corrected chi connectivity index (χ2v) is 6.57. The maximum atomic E-state index is 12.4. The average Bonchev–Trinajstić information content (AvgIpc) is 3.15. The molecule has 2 N–H and O–H groups in total. The third kappa shape index (κ3) is 3.18. The number of hydrogen-bond donors (Lipinski definition) is 2. The number of nitrogens with one attached hydrogen (secondary N) is 2. The third-order valence-corrected chi connectivity index (χ3v) is 5.01. The fourth-order valence-electron chi connectivity index (χ4n) is 3.69. The zero-order valence-electron chi connectivity index (χ0n) is 14.5. The molecule has 0 aromatic carbocycles. The van der Waals surface area contributed by atoms with Crippen LogP contribution < -0.4 is 5.32 Å². The lowest BCUT2D eigenvalue weighted by molar-refractivity contribution is -0.0462. The molecule has 0 aliphatic carbocycles. The van der Waals surface area contributed by atoms with Crippen LogP contribution in [0.15, 0.2) is 0 Å². The third-order valence-electron chi connectivity index (χ3n) is 5.01. The highest BCUT2D eigenvalue weighted by molar-refractivity contribution is 6.00. The first-order valence-corrected chi connectivity index (χ1v) is 8.42. The number of nitrogens with zero attached hydrogens (tertiary/aromatic N) is 1. The Kier molecular flexibility index (Phi) is 4.91. The van der Waals surface area contributed by atoms with E-state index >= 15 is 0 Å². The number of methoxy groups -OCH3 is 1. The van der Waals surface area contributed by atoms with Crippen LogP contribution in [0, 0.1) is 13.8 Å². The van der Waals surface area contributed by atoms with Crippen LogP contribution in [-0.4, -0.2) is 67.3 Å². The number of hydrogen-bond acceptors (Lipinski definition) is 5. The van der Waals surface area contributed by atoms with Gasteiger partial charge >= 0.3 is 5.97 Å². The molecule has 0 spiro atoms. The molecule has 2 fully saturated rings. The van der Waals surface area contributed by atoms with E-state index in [9.17, 15) is 9.59 Å². The Labute approximate surface area is 141 Å². The second kappa shape index (κ2) is 6.94. The van der Waals surface area contributed by atoms with Crippen LogP contribution in [-0.2, 0) is 9.47 Å². The molecule has 0 bridgehead atoms. The lowest BCUT2D eigenvalue weighted by Gasteiger charge is -2.35. The van der Waals surface area contributed by atoms with Crippen molar-refractivity contribution in [2.45, 2.75) is 38.8 Å². The lowest BCUT2D eigenvalue weighted by Crippen LogP contribution is -2.50. The van der Waals surface area contributed by atoms with Crippen molar-refractivity contribution in [3.63, 3.8) is 0 Å². The lowest BCUT2D eigenvalue weighted by atomic mass is 10.1. The van der Waals surface area contributed by atoms with E-state index < -0.39 is 5.97 Å². The second-order valence-electron chi connectivity index (χ2n) is 6.57. The summed E-state index contributed by atoms with van der Waals surface area (Å²) < 4.78 is 10.6. The molecule has 2 atom stereocenters. The van der Waals surface area contributed by atoms with Gasteiger partial charge in [-0.05, 0) is 38.8 Å². The van der Waals surface area contributed by atoms with Crippen molar-refractivity contribution >= 4 is 11.9 Å². The number of fused-ring (bicyclic) bond motifs is 1. The van der Waals surface area contributed by atoms with E-state index in [1.165, 1.54) is 20.0 Å². The standard InChI is InChI=1S/C17H25N3O4/c1-10-14(17(22)23-3)11(2)19-15(10)16(21)18-7-13-8-20-6-4-5-12(20)9-24-13/h12-13,19H,4-9H2,1-3H3,(H,18,21). The molecule has 2 unspecified atom stereocenters. The van der Waals surface area contributed by atoms with Gasteiger partial charge in [0.2, 0.25) is 0 Å². The highest BCUT2D eigenvalue weighted by atomic mass is 16.5. The number of carbonyl (C=O) groups is 2. The van der Waals surface area contributed by atoms with Crippen molar-refractivity contribution in [1.82, 2.24) is 15.2 Å². The normalized spacial score (nSPS) is 23.8. The summed E-state index contributed by atoms with van der Waals surface area (Å²) in [6.07, 6.45) is 2.44. The molecule has 2 aliphatic rings. The molecule has 3 rings (SSSR count). The minimum Gasteiger partial charge on any atom is -0.465 e. The Bertz CT molecular complexity index is 640. The van der Waals surface area contributed by atoms with Crippen molar-refractivity contribution in [3.8, 4) is 0 Å². The molecule has 7 nitrogen and oxygen atoms in total. The Morgan fingerprint density at radius 1 is 1.42 bits per heavy atom. The topological polar surface area (TPSA) is 83.7 Å². The summed E-state index contributed by atoms with van der Waals surface area (Å²) in [4.78, 5) is 29.7. The Hall–Kier alpha value is -1.86. The molecule has 7 heteroatoms. The van der Waals surface area contributed by atoms with Gasteiger partial charge in [0.15, 0.2) is 0 Å². The van der Waals surface area contributed by atoms with E-state index in [4.69, 9.17) is 9.47 Å². The molecule has 2 aliphatic heterocycles. The predicted molar refractivity (Wildman–Crippen MR) is 88.3 cm³/mol. The van der Waals surface area contributed by atoms with Crippen LogP contribution >= 0.6 is 0 Å². The van der Waals surface area contributed by atoms with E-state index in [0.717, 1.165) is 19.7 Å². The summed E-state index contributed by atoms with van der Waals surface area (Å²) in [7, 11) is 1.33. The Morgan fingerprint density at radius 2 is 2.21 bits per heavy atom. The van der Waals surface area contributed by atoms with Crippen LogP contribution in [0.25, 0.3) is 0 Å². The van der Waals surface area contributed by atoms with Crippen molar-refractivity contribution in [2.75, 3.05) is 33.4 Å². The minimum absolute atomic E-state index is 0.0137. The highest BCUT2D eigenvalue weighted by Gasteiger charge is 2.32. The first-order chi connectivity index (χ1) is 11.5. The molecule has 1 amide bonds. The van der Waals surface area contributed by atoms with Gasteiger partial charge in [-0.25, -0.2) is 4.79 Å². The van der Waals surface area contributed by atoms with Crippen LogP contribution in [0.1, 0.15) is 44.9 Å². The van der Waals surface area contributed by atoms with Crippen LogP contribution in [0.5, 0.6) is 0 Å². The fraction of sp³-hybridized carbons (Fsp3) is 0.647. The predicted octanol–water partition coefficient (Wildman–Crippen LogP) is 1.01. The number of aromatic amines is 1. The van der Waals surface area contributed by atoms with Crippen molar-refractivity contribution in [2.24, 2.45) is 0 Å². The summed E-state index contributed by atoms with van der Waals surface area (Å²) >= 11 is 0. The Morgan fingerprint density at radius 3 is 2.96 bits per heavy atom. The summed E-state index contributed by atoms with van der Waals surface area (Å²) in [5.74, 6) is -0.658. The molecule has 3 heterocycles. The zero-order chi connectivity index (χ0) is 17.3. The smallest absolute Gasteiger partial charge is 0.339 e. The number of aryl methyl sites for hydroxylation is 1. The van der Waals surface area contributed by atoms with Crippen molar-refractivity contribution < 1.29 is 19.1 Å². The van der Waals surface area contributed by atoms with Gasteiger partial charge in [0.1, 0.15) is 5.69 Å². The van der Waals surface area contributed by atoms with Gasteiger partial charge < -0.3 is 19.8 Å². The van der Waals surface area contributed by atoms with Gasteiger partial charge in [0.25, 0.3) is 5.91 Å². The SMILES string of the molecule is COC(=O)c1c(C)[nH]c(C(=O)NCC2CN3CCCC3CO2)c1C. The van der Waals surface area contributed by atoms with Crippen LogP contribution in [0.2, 0.25) is 0 Å². The fourth-order valence-corrected chi connectivity index (χ4v) is 3.69. The van der Waals surface area contributed by atoms with Gasteiger partial charge in [-0.1, -0.05) is 0 Å². The van der Waals surface area contributed by atoms with Crippen molar-refractivity contribution in [1.29, 1.82) is 0 Å². The van der Waals surface area contributed by atoms with E-state index in [-0.39, 0.29) is 12.0 Å². The molecule has 2 saturated heterocycles. The van der Waals surface area contributed by atoms with E-state index in [2.05, 4.69) is 15.2 Å². The van der Waals surface area contributed by atoms with Crippen LogP contribution in [0.4, 0.5) is 0 Å². The number of amides is 1. The number of rotatable bonds is 4. The van der Waals surface area contributed by atoms with Gasteiger partial charge in [-0.3, -0.25) is 9.69 Å². The number of aromatic nitrogens is 1. The molecule has 1 aromatic heterocycles. The monoisotopic (exact) mass is 335 g/mol. The van der Waals surface area contributed by atoms with Gasteiger partial charge in [0.05, 0.1) is 25.4 Å². The number of H-pyrrole nitrogens is 1. The first-order valence-electron chi connectivity index (χ1n) is 8.42. The summed E-state index contributed by atoms with van der Waals surface area (Å²) in [5.41, 5.74) is 2.08. The molecule has 0 radical (unpaired) electrons. The maximum absolute atomic E-state index is 12.4. The molecular formula is C17H25N3O4. The van der Waals surface area contributed by atoms with E-state index in [1.807, 2.05) is 0 Å². The number of ether oxygens (including phenoxy) is 2. The average molecular weight is 335 g/mol. The van der Waals surface area contributed by atoms with E-state index in [0.29, 0.717) is 35.1 Å². The van der Waals surface area contributed by atoms with Crippen molar-refractivity contribution in [3.05, 3.63) is 22.5 Å². The quantitative estimate of drug-likeness (QED) is 0.803. The summed E-state index contributed by atoms with van der Waals surface area (Å²) in [6, 6.07) is 0.549. The largest absolute Gasteiger partial charge is 0.465 e. The van der Waals surface area contributed by atoms with Gasteiger partial charge in [0, 0.05) is 24.8 Å². The van der Waals surface area contributed by atoms with Crippen LogP contribution in [0.3, 0.4) is 0 Å². The van der Waals surface area contributed by atoms with E-state index in [1.54, 1.807) is 13.8 Å².